The van der Waals surface area contributed by atoms with E-state index in [2.05, 4.69) is 88.2 Å². The molecule has 1 aliphatic rings. The molecule has 0 radical (unpaired) electrons. The average Bonchev–Trinajstić information content (AvgIpc) is 1.74. The number of Topliss-reactive ketones (excluding diaryl/α,β-unsaturated/α-hetero) is 10. The fourth-order valence-electron chi connectivity index (χ4n) is 12.0. The molecule has 0 unspecified atom stereocenters. The van der Waals surface area contributed by atoms with Gasteiger partial charge in [-0.05, 0) is 199 Å². The lowest BCUT2D eigenvalue weighted by molar-refractivity contribution is -0.133. The molecule has 0 aliphatic carbocycles. The van der Waals surface area contributed by atoms with Crippen LogP contribution in [0.15, 0.2) is 103 Å². The molecule has 1 aliphatic heterocycles. The number of hydrogen-bond donors (Lipinski definition) is 2. The first-order chi connectivity index (χ1) is 70.0. The molecule has 45 heteroatoms. The number of carbonyl (C=O) groups is 11. The molecule has 0 aromatic carbocycles. The Balaban J connectivity index is 0.000000338. The lowest BCUT2D eigenvalue weighted by Gasteiger charge is -2.26. The van der Waals surface area contributed by atoms with Crippen molar-refractivity contribution >= 4 is 205 Å². The van der Waals surface area contributed by atoms with Crippen LogP contribution in [0.2, 0.25) is 0 Å². The lowest BCUT2D eigenvalue weighted by Crippen LogP contribution is -2.30. The number of thiazole rings is 12. The summed E-state index contributed by atoms with van der Waals surface area (Å²) in [5, 5.41) is 9.06. The fourth-order valence-corrected chi connectivity index (χ4v) is 20.4. The Kier molecular flexibility index (Phi) is 64.9. The number of furan rings is 1. The number of nitrogens with zero attached hydrogens (tertiary/aromatic N) is 15. The van der Waals surface area contributed by atoms with Crippen LogP contribution in [0, 0.1) is 76.2 Å². The van der Waals surface area contributed by atoms with Gasteiger partial charge < -0.3 is 35.3 Å². The summed E-state index contributed by atoms with van der Waals surface area (Å²) >= 11 is 17.2. The van der Waals surface area contributed by atoms with Crippen LogP contribution in [0.25, 0.3) is 0 Å². The van der Waals surface area contributed by atoms with E-state index < -0.39 is 24.8 Å². The summed E-state index contributed by atoms with van der Waals surface area (Å²) in [7, 11) is 8.96. The van der Waals surface area contributed by atoms with Crippen LogP contribution >= 0.6 is 136 Å². The summed E-state index contributed by atoms with van der Waals surface area (Å²) < 4.78 is 45.1. The Morgan fingerprint density at radius 2 is 0.728 bits per heavy atom. The molecule has 0 spiro atoms. The number of hydrogen-bond acceptors (Lipinski definition) is 41. The zero-order valence-corrected chi connectivity index (χ0v) is 96.9. The maximum Gasteiger partial charge on any atom is 0.389 e. The molecule has 147 heavy (non-hydrogen) atoms. The van der Waals surface area contributed by atoms with Crippen molar-refractivity contribution in [2.24, 2.45) is 5.73 Å². The monoisotopic (exact) mass is 2250 g/mol. The quantitative estimate of drug-likeness (QED) is 0.0265. The number of ketones is 10. The molecule has 1 saturated heterocycles. The van der Waals surface area contributed by atoms with E-state index in [9.17, 15) is 65.9 Å². The van der Waals surface area contributed by atoms with Gasteiger partial charge in [0.1, 0.15) is 17.4 Å². The number of methoxy groups -OCH3 is 1. The number of rotatable bonds is 43. The number of anilines is 1. The number of halogens is 3. The van der Waals surface area contributed by atoms with Gasteiger partial charge in [-0.25, -0.2) is 59.8 Å². The number of aromatic nitrogens is 12. The first-order valence-corrected chi connectivity index (χ1v) is 57.8. The van der Waals surface area contributed by atoms with Crippen molar-refractivity contribution in [1.82, 2.24) is 74.5 Å². The Morgan fingerprint density at radius 3 is 1.03 bits per heavy atom. The molecule has 0 saturated carbocycles. The largest absolute Gasteiger partial charge is 0.469 e. The van der Waals surface area contributed by atoms with Crippen LogP contribution < -0.4 is 11.5 Å². The summed E-state index contributed by atoms with van der Waals surface area (Å²) in [6, 6.07) is 3.70. The number of nitrogens with two attached hydrogens (primary N) is 2. The molecule has 1 fully saturated rings. The van der Waals surface area contributed by atoms with Crippen LogP contribution in [0.3, 0.4) is 0 Å². The Hall–Kier alpha value is -9.56. The molecular weight excluding hydrogens is 2110 g/mol. The van der Waals surface area contributed by atoms with E-state index in [0.29, 0.717) is 108 Å². The lowest BCUT2D eigenvalue weighted by atomic mass is 10.1. The molecule has 1 amide bonds. The van der Waals surface area contributed by atoms with Crippen LogP contribution in [0.1, 0.15) is 330 Å². The zero-order valence-electron chi connectivity index (χ0n) is 87.1. The number of unbranched alkanes of at least 4 members (excludes halogenated alkanes) is 6. The minimum Gasteiger partial charge on any atom is -0.469 e. The number of ether oxygens (including phenoxy) is 1. The predicted octanol–water partition coefficient (Wildman–Crippen LogP) is 25.4. The normalized spacial score (nSPS) is 11.2. The molecule has 0 atom stereocenters. The highest BCUT2D eigenvalue weighted by Crippen LogP contribution is 2.27. The zero-order chi connectivity index (χ0) is 109. The van der Waals surface area contributed by atoms with Crippen molar-refractivity contribution in [3.05, 3.63) is 213 Å². The van der Waals surface area contributed by atoms with E-state index in [1.807, 2.05) is 101 Å². The van der Waals surface area contributed by atoms with Crippen molar-refractivity contribution in [2.75, 3.05) is 80.4 Å². The van der Waals surface area contributed by atoms with Crippen LogP contribution in [0.5, 0.6) is 0 Å². The Labute approximate surface area is 908 Å². The van der Waals surface area contributed by atoms with E-state index >= 15 is 0 Å². The van der Waals surface area contributed by atoms with Crippen LogP contribution in [0.4, 0.5) is 18.3 Å². The first-order valence-electron chi connectivity index (χ1n) is 48.0. The third-order valence-corrected chi connectivity index (χ3v) is 30.7. The Morgan fingerprint density at radius 1 is 0.395 bits per heavy atom. The smallest absolute Gasteiger partial charge is 0.389 e. The highest BCUT2D eigenvalue weighted by atomic mass is 32.1. The van der Waals surface area contributed by atoms with Gasteiger partial charge in [-0.15, -0.1) is 136 Å². The summed E-state index contributed by atoms with van der Waals surface area (Å²) in [6.07, 6.45) is 36.7. The summed E-state index contributed by atoms with van der Waals surface area (Å²) in [4.78, 5) is 192. The SMILES string of the molecule is CCCCC(=O)c1ncc(C)s1.CCCCCC(=O)c1ncc(C)s1.COCC(=O)c1ncc(C)s1.Cc1cnc(C(=O)CCC(=O)N(C)C)s1.Cc1cnc(C(=O)CCC(F)(F)F)s1.Cc1cnc(C(=O)CCCCN(C)C)s1.Cc1cnc(C(=O)CCCCN)s1.Cc1cnc(C(=O)CCCCN2CCCCC2)s1.Cc1cnc(C(=O)CCc2ccco2)s1.Cc1cnc(C(=O)Cc2nccs2)s1.Cc1cnc(N)s1. The van der Waals surface area contributed by atoms with Gasteiger partial charge in [0.2, 0.25) is 11.7 Å². The third kappa shape index (κ3) is 57.9. The maximum absolute atomic E-state index is 11.8. The molecule has 13 aromatic rings. The van der Waals surface area contributed by atoms with Gasteiger partial charge in [0, 0.05) is 219 Å². The number of amides is 1. The van der Waals surface area contributed by atoms with Gasteiger partial charge in [-0.2, -0.15) is 13.2 Å². The van der Waals surface area contributed by atoms with Crippen molar-refractivity contribution in [1.29, 1.82) is 0 Å². The van der Waals surface area contributed by atoms with Gasteiger partial charge in [-0.3, -0.25) is 52.7 Å². The molecule has 4 N–H and O–H groups in total. The van der Waals surface area contributed by atoms with E-state index in [0.717, 1.165) is 159 Å². The maximum atomic E-state index is 11.8. The van der Waals surface area contributed by atoms with E-state index in [1.54, 1.807) is 95.4 Å². The predicted molar refractivity (Wildman–Crippen MR) is 594 cm³/mol. The van der Waals surface area contributed by atoms with Crippen molar-refractivity contribution in [2.45, 2.75) is 263 Å². The number of carbonyl (C=O) groups excluding carboxylic acids is 11. The number of alkyl halides is 3. The minimum absolute atomic E-state index is 0.0309. The molecule has 13 aromatic heterocycles. The summed E-state index contributed by atoms with van der Waals surface area (Å²) in [5.41, 5.74) is 10.6. The van der Waals surface area contributed by atoms with Crippen LogP contribution in [-0.4, -0.2) is 219 Å². The summed E-state index contributed by atoms with van der Waals surface area (Å²) in [6.45, 7) is 31.0. The second-order valence-corrected chi connectivity index (χ2v) is 48.3. The van der Waals surface area contributed by atoms with Gasteiger partial charge in [0.15, 0.2) is 107 Å². The van der Waals surface area contributed by atoms with Gasteiger partial charge in [0.05, 0.1) is 19.1 Å². The molecular formula is C102H138F3N17O13S12. The van der Waals surface area contributed by atoms with Crippen molar-refractivity contribution in [3.8, 4) is 0 Å². The van der Waals surface area contributed by atoms with E-state index in [4.69, 9.17) is 15.9 Å². The first kappa shape index (κ1) is 130. The van der Waals surface area contributed by atoms with E-state index in [-0.39, 0.29) is 82.4 Å². The molecule has 14 heterocycles. The molecule has 30 nitrogen and oxygen atoms in total. The number of likely N-dealkylation sites (tertiary alicyclic amines) is 1. The van der Waals surface area contributed by atoms with E-state index in [1.165, 1.54) is 175 Å². The second kappa shape index (κ2) is 73.6. The van der Waals surface area contributed by atoms with Crippen molar-refractivity contribution < 1.29 is 75.1 Å². The number of aryl methyl sites for hydroxylation is 12. The molecule has 802 valence electrons. The highest BCUT2D eigenvalue weighted by Gasteiger charge is 2.29. The average molecular weight is 2250 g/mol. The fraction of sp³-hybridized carbons (Fsp3) is 0.500. The highest BCUT2D eigenvalue weighted by molar-refractivity contribution is 7.17. The van der Waals surface area contributed by atoms with Crippen LogP contribution in [-0.2, 0) is 22.4 Å². The van der Waals surface area contributed by atoms with Gasteiger partial charge >= 0.3 is 6.18 Å². The molecule has 14 rings (SSSR count). The number of nitrogen functional groups attached to an aromatic ring is 1. The molecule has 0 bridgehead atoms. The third-order valence-electron chi connectivity index (χ3n) is 19.6. The van der Waals surface area contributed by atoms with Gasteiger partial charge in [0.25, 0.3) is 0 Å². The second-order valence-electron chi connectivity index (χ2n) is 33.7. The standard InChI is InChI=1S/C14H22N2OS.C11H18N2OS.C11H11NO2S.C10H14N2O2S.C10H15NOS.C9H8N2OS2.C9H14N2OS.C9H13NOS.C8H8F3NOS.C7H9NO2S.C4H6N2S/c1-12-11-15-14(18-12)13(17)7-3-6-10-16-8-4-2-5-9-16;1-9-8-12-11(15-9)10(14)6-4-5-7-13(2)3;1-8-7-12-11(15-8)10(13)5-4-9-3-2-6-14-9;1-7-6-11-10(15-7)8(13)4-5-9(14)12(2)3;1-3-4-5-6-9(12)10-11-7-8(2)13-10;1-6-5-11-9(14-6)7(12)4-8-10-2-3-13-8;1-7-6-11-9(13-7)8(12)4-2-3-5-10;1-3-4-5-8(11)9-10-6-7(2)12-9;1-5-4-12-7(14-5)6(13)2-3-8(9,10)11;1-5-3-8-7(11-5)6(9)4-10-2;1-3-2-6-4(5)7-3/h11H,2-10H2,1H3;8H,4-7H2,1-3H3;2-3,6-7H,4-5H2,1H3;6H,4-5H2,1-3H3;7H,3-6H2,1-2H3;2-3,5H,4H2,1H3;6H,2-5,10H2,1H3;6H,3-5H2,1-2H3;4H,2-3H2,1H3;3H,4H2,1-2H3;2H,1H3,(H2,5,6). The topological polar surface area (TPSA) is 427 Å². The minimum atomic E-state index is -4.28. The van der Waals surface area contributed by atoms with Crippen molar-refractivity contribution in [3.63, 3.8) is 0 Å². The number of piperidine rings is 1. The summed E-state index contributed by atoms with van der Waals surface area (Å²) in [5.74, 6) is 1.25. The Bertz CT molecular complexity index is 5920. The van der Waals surface area contributed by atoms with Gasteiger partial charge in [-0.1, -0.05) is 39.5 Å².